The number of carbonyl (C=O) groups excluding carboxylic acids is 1. The molecule has 0 bridgehead atoms. The molecule has 0 aliphatic rings. The van der Waals surface area contributed by atoms with Crippen LogP contribution in [0.2, 0.25) is 0 Å². The van der Waals surface area contributed by atoms with Crippen molar-refractivity contribution in [3.63, 3.8) is 0 Å². The van der Waals surface area contributed by atoms with Crippen molar-refractivity contribution < 1.29 is 35.5 Å². The number of fused-ring (bicyclic) bond motifs is 3. The van der Waals surface area contributed by atoms with Gasteiger partial charge >= 0.3 is 6.36 Å². The fourth-order valence-electron chi connectivity index (χ4n) is 3.02. The van der Waals surface area contributed by atoms with Crippen LogP contribution in [-0.4, -0.2) is 20.7 Å². The van der Waals surface area contributed by atoms with E-state index < -0.39 is 32.9 Å². The first kappa shape index (κ1) is 22.1. The maximum absolute atomic E-state index is 12.7. The molecule has 4 aromatic rings. The van der Waals surface area contributed by atoms with Crippen molar-refractivity contribution in [3.8, 4) is 5.75 Å². The number of nitrogens with one attached hydrogen (secondary N) is 2. The molecule has 0 radical (unpaired) electrons. The maximum Gasteiger partial charge on any atom is 0.573 e. The van der Waals surface area contributed by atoms with E-state index in [1.165, 1.54) is 18.2 Å². The second-order valence-corrected chi connectivity index (χ2v) is 9.07. The summed E-state index contributed by atoms with van der Waals surface area (Å²) in [6, 6.07) is 14.6. The molecule has 0 spiro atoms. The summed E-state index contributed by atoms with van der Waals surface area (Å²) in [6.45, 7) is 0. The first-order valence-corrected chi connectivity index (χ1v) is 11.1. The van der Waals surface area contributed by atoms with E-state index in [9.17, 15) is 26.4 Å². The maximum atomic E-state index is 12.7. The number of benzene rings is 3. The van der Waals surface area contributed by atoms with E-state index in [0.29, 0.717) is 16.6 Å². The highest BCUT2D eigenvalue weighted by Gasteiger charge is 2.34. The second-order valence-electron chi connectivity index (χ2n) is 6.51. The number of para-hydroxylation sites is 1. The molecule has 0 saturated heterocycles. The van der Waals surface area contributed by atoms with Crippen molar-refractivity contribution in [2.45, 2.75) is 11.3 Å². The lowest BCUT2D eigenvalue weighted by atomic mass is 10.1. The Morgan fingerprint density at radius 2 is 1.69 bits per heavy atom. The van der Waals surface area contributed by atoms with Crippen LogP contribution in [-0.2, 0) is 10.0 Å². The molecule has 1 heterocycles. The van der Waals surface area contributed by atoms with Crippen LogP contribution in [0.5, 0.6) is 5.75 Å². The predicted octanol–water partition coefficient (Wildman–Crippen LogP) is 4.87. The molecule has 0 saturated carbocycles. The zero-order valence-electron chi connectivity index (χ0n) is 15.7. The Morgan fingerprint density at radius 3 is 2.44 bits per heavy atom. The summed E-state index contributed by atoms with van der Waals surface area (Å²) in [5.74, 6) is -1.78. The average Bonchev–Trinajstić information content (AvgIpc) is 3.08. The number of hydrogen-bond acceptors (Lipinski definition) is 5. The van der Waals surface area contributed by atoms with Crippen molar-refractivity contribution in [3.05, 3.63) is 70.7 Å². The van der Waals surface area contributed by atoms with E-state index >= 15 is 0 Å². The van der Waals surface area contributed by atoms with Gasteiger partial charge in [0, 0.05) is 20.8 Å². The molecule has 3 aromatic carbocycles. The van der Waals surface area contributed by atoms with Crippen LogP contribution < -0.4 is 15.0 Å². The van der Waals surface area contributed by atoms with Crippen LogP contribution >= 0.6 is 15.9 Å². The van der Waals surface area contributed by atoms with Gasteiger partial charge in [-0.05, 0) is 42.5 Å². The third kappa shape index (κ3) is 4.56. The molecule has 7 nitrogen and oxygen atoms in total. The number of amides is 1. The van der Waals surface area contributed by atoms with Crippen molar-refractivity contribution in [2.75, 3.05) is 0 Å². The first-order valence-electron chi connectivity index (χ1n) is 8.82. The van der Waals surface area contributed by atoms with Gasteiger partial charge in [0.1, 0.15) is 16.1 Å². The van der Waals surface area contributed by atoms with Crippen LogP contribution in [0.1, 0.15) is 10.4 Å². The molecule has 0 atom stereocenters. The Balaban J connectivity index is 1.58. The van der Waals surface area contributed by atoms with Gasteiger partial charge in [-0.3, -0.25) is 10.2 Å². The summed E-state index contributed by atoms with van der Waals surface area (Å²) in [6.07, 6.45) is -5.11. The molecule has 4 rings (SSSR count). The van der Waals surface area contributed by atoms with E-state index in [2.05, 4.69) is 20.7 Å². The third-order valence-corrected chi connectivity index (χ3v) is 6.14. The highest BCUT2D eigenvalue weighted by atomic mass is 79.9. The SMILES string of the molecule is O=C(NNS(=O)(=O)c1ccc(Br)cc1OC(F)(F)F)c1ccc2oc3ccccc3c2c1. The van der Waals surface area contributed by atoms with Crippen LogP contribution in [0.3, 0.4) is 0 Å². The number of rotatable bonds is 5. The molecule has 2 N–H and O–H groups in total. The van der Waals surface area contributed by atoms with Gasteiger partial charge < -0.3 is 9.15 Å². The molecule has 166 valence electrons. The number of alkyl halides is 3. The lowest BCUT2D eigenvalue weighted by molar-refractivity contribution is -0.275. The predicted molar refractivity (Wildman–Crippen MR) is 112 cm³/mol. The van der Waals surface area contributed by atoms with Crippen molar-refractivity contribution in [1.29, 1.82) is 0 Å². The number of ether oxygens (including phenoxy) is 1. The number of furan rings is 1. The van der Waals surface area contributed by atoms with Crippen molar-refractivity contribution >= 4 is 53.8 Å². The molecule has 1 aromatic heterocycles. The topological polar surface area (TPSA) is 97.6 Å². The molecule has 0 aliphatic heterocycles. The fourth-order valence-corrected chi connectivity index (χ4v) is 4.31. The van der Waals surface area contributed by atoms with E-state index in [4.69, 9.17) is 4.42 Å². The zero-order valence-corrected chi connectivity index (χ0v) is 18.1. The van der Waals surface area contributed by atoms with Gasteiger partial charge in [-0.2, -0.15) is 0 Å². The molecule has 0 unspecified atom stereocenters. The van der Waals surface area contributed by atoms with Crippen LogP contribution in [0, 0.1) is 0 Å². The Labute approximate surface area is 187 Å². The number of hydrogen-bond donors (Lipinski definition) is 2. The largest absolute Gasteiger partial charge is 0.573 e. The summed E-state index contributed by atoms with van der Waals surface area (Å²) >= 11 is 2.96. The fraction of sp³-hybridized carbons (Fsp3) is 0.0500. The van der Waals surface area contributed by atoms with Crippen LogP contribution in [0.25, 0.3) is 21.9 Å². The Morgan fingerprint density at radius 1 is 0.969 bits per heavy atom. The molecule has 0 fully saturated rings. The molecular formula is C20H12BrF3N2O5S. The van der Waals surface area contributed by atoms with Gasteiger partial charge in [-0.25, -0.2) is 8.42 Å². The minimum Gasteiger partial charge on any atom is -0.456 e. The molecule has 0 aliphatic carbocycles. The monoisotopic (exact) mass is 528 g/mol. The number of hydrazine groups is 1. The molecule has 32 heavy (non-hydrogen) atoms. The van der Waals surface area contributed by atoms with Crippen LogP contribution in [0.15, 0.2) is 74.4 Å². The highest BCUT2D eigenvalue weighted by Crippen LogP contribution is 2.32. The van der Waals surface area contributed by atoms with Crippen LogP contribution in [0.4, 0.5) is 13.2 Å². The van der Waals surface area contributed by atoms with Gasteiger partial charge in [-0.1, -0.05) is 34.1 Å². The third-order valence-electron chi connectivity index (χ3n) is 4.36. The Kier molecular flexibility index (Phi) is 5.61. The van der Waals surface area contributed by atoms with E-state index in [-0.39, 0.29) is 10.0 Å². The number of halogens is 4. The number of carbonyl (C=O) groups is 1. The van der Waals surface area contributed by atoms with Gasteiger partial charge in [0.2, 0.25) is 0 Å². The summed E-state index contributed by atoms with van der Waals surface area (Å²) in [4.78, 5) is 13.5. The van der Waals surface area contributed by atoms with E-state index in [1.807, 2.05) is 5.43 Å². The lowest BCUT2D eigenvalue weighted by Crippen LogP contribution is -2.41. The highest BCUT2D eigenvalue weighted by molar-refractivity contribution is 9.10. The molecule has 12 heteroatoms. The lowest BCUT2D eigenvalue weighted by Gasteiger charge is -2.15. The normalized spacial score (nSPS) is 12.2. The second kappa shape index (κ2) is 8.11. The van der Waals surface area contributed by atoms with Gasteiger partial charge in [0.15, 0.2) is 5.75 Å². The van der Waals surface area contributed by atoms with Crippen molar-refractivity contribution in [1.82, 2.24) is 10.3 Å². The minimum atomic E-state index is -5.11. The summed E-state index contributed by atoms with van der Waals surface area (Å²) in [5.41, 5.74) is 3.25. The quantitative estimate of drug-likeness (QED) is 0.360. The molecular weight excluding hydrogens is 517 g/mol. The van der Waals surface area contributed by atoms with E-state index in [1.54, 1.807) is 35.2 Å². The van der Waals surface area contributed by atoms with Gasteiger partial charge in [-0.15, -0.1) is 18.0 Å². The summed E-state index contributed by atoms with van der Waals surface area (Å²) < 4.78 is 72.7. The summed E-state index contributed by atoms with van der Waals surface area (Å²) in [7, 11) is -4.60. The van der Waals surface area contributed by atoms with Gasteiger partial charge in [0.25, 0.3) is 15.9 Å². The molecule has 1 amide bonds. The Hall–Kier alpha value is -3.09. The first-order chi connectivity index (χ1) is 15.0. The average molecular weight is 529 g/mol. The smallest absolute Gasteiger partial charge is 0.456 e. The standard InChI is InChI=1S/C20H12BrF3N2O5S/c21-12-6-8-18(17(10-12)31-20(22,23)24)32(28,29)26-25-19(27)11-5-7-16-14(9-11)13-3-1-2-4-15(13)30-16/h1-10,26H,(H,25,27). The minimum absolute atomic E-state index is 0.106. The van der Waals surface area contributed by atoms with E-state index in [0.717, 1.165) is 17.5 Å². The Bertz CT molecular complexity index is 1450. The van der Waals surface area contributed by atoms with Gasteiger partial charge in [0.05, 0.1) is 0 Å². The van der Waals surface area contributed by atoms with Crippen molar-refractivity contribution in [2.24, 2.45) is 0 Å². The number of sulfonamides is 1. The summed E-state index contributed by atoms with van der Waals surface area (Å²) in [5, 5.41) is 1.41. The zero-order chi connectivity index (χ0) is 23.1.